The summed E-state index contributed by atoms with van der Waals surface area (Å²) in [6.45, 7) is 1.82. The van der Waals surface area contributed by atoms with Crippen molar-refractivity contribution in [3.63, 3.8) is 0 Å². The lowest BCUT2D eigenvalue weighted by molar-refractivity contribution is 0.509. The van der Waals surface area contributed by atoms with Gasteiger partial charge in [0.05, 0.1) is 16.5 Å². The predicted octanol–water partition coefficient (Wildman–Crippen LogP) is 2.43. The van der Waals surface area contributed by atoms with E-state index in [0.717, 1.165) is 19.5 Å². The van der Waals surface area contributed by atoms with Crippen molar-refractivity contribution in [1.29, 1.82) is 0 Å². The number of benzene rings is 1. The molecule has 0 saturated carbocycles. The highest BCUT2D eigenvalue weighted by Gasteiger charge is 2.20. The molecular weight excluding hydrogens is 335 g/mol. The lowest BCUT2D eigenvalue weighted by Gasteiger charge is -2.28. The Morgan fingerprint density at radius 3 is 2.85 bits per heavy atom. The number of aromatic amines is 1. The van der Waals surface area contributed by atoms with E-state index in [1.807, 2.05) is 4.90 Å². The van der Waals surface area contributed by atoms with Gasteiger partial charge in [-0.15, -0.1) is 0 Å². The number of hydrogen-bond donors (Lipinski definition) is 2. The third kappa shape index (κ3) is 2.25. The molecule has 0 radical (unpaired) electrons. The van der Waals surface area contributed by atoms with Crippen molar-refractivity contribution in [1.82, 2.24) is 19.9 Å². The van der Waals surface area contributed by atoms with Crippen LogP contribution in [0.3, 0.4) is 0 Å². The first kappa shape index (κ1) is 14.7. The Kier molecular flexibility index (Phi) is 3.09. The number of oxazole rings is 1. The molecule has 26 heavy (non-hydrogen) atoms. The molecule has 0 bridgehead atoms. The third-order valence-electron chi connectivity index (χ3n) is 4.42. The summed E-state index contributed by atoms with van der Waals surface area (Å²) < 4.78 is 20.0. The summed E-state index contributed by atoms with van der Waals surface area (Å²) in [5, 5.41) is 0.628. The van der Waals surface area contributed by atoms with E-state index in [2.05, 4.69) is 31.8 Å². The number of H-pyrrole nitrogens is 1. The molecule has 4 heterocycles. The topological polar surface area (TPSA) is 96.9 Å². The van der Waals surface area contributed by atoms with Crippen LogP contribution in [-0.4, -0.2) is 33.0 Å². The number of nitrogens with two attached hydrogens (primary N) is 1. The third-order valence-corrected chi connectivity index (χ3v) is 4.42. The lowest BCUT2D eigenvalue weighted by atomic mass is 10.1. The number of nitrogens with one attached hydrogen (secondary N) is 1. The van der Waals surface area contributed by atoms with Crippen LogP contribution in [0, 0.1) is 17.7 Å². The van der Waals surface area contributed by atoms with E-state index in [-0.39, 0.29) is 5.56 Å². The molecule has 4 aromatic rings. The zero-order valence-electron chi connectivity index (χ0n) is 13.6. The van der Waals surface area contributed by atoms with Crippen LogP contribution in [0.15, 0.2) is 29.1 Å². The molecule has 5 rings (SSSR count). The quantitative estimate of drug-likeness (QED) is 0.513. The number of halogens is 1. The summed E-state index contributed by atoms with van der Waals surface area (Å²) in [6.07, 6.45) is 4.16. The predicted molar refractivity (Wildman–Crippen MR) is 95.1 cm³/mol. The second-order valence-corrected chi connectivity index (χ2v) is 6.07. The smallest absolute Gasteiger partial charge is 0.298 e. The summed E-state index contributed by atoms with van der Waals surface area (Å²) in [5.74, 6) is 5.64. The number of anilines is 2. The summed E-state index contributed by atoms with van der Waals surface area (Å²) in [5.41, 5.74) is 8.33. The second-order valence-electron chi connectivity index (χ2n) is 6.07. The molecule has 3 aromatic heterocycles. The van der Waals surface area contributed by atoms with E-state index in [9.17, 15) is 4.39 Å². The average Bonchev–Trinajstić information content (AvgIpc) is 3.15. The second kappa shape index (κ2) is 5.46. The van der Waals surface area contributed by atoms with Crippen LogP contribution in [0.2, 0.25) is 0 Å². The van der Waals surface area contributed by atoms with Crippen molar-refractivity contribution in [3.05, 3.63) is 41.6 Å². The Morgan fingerprint density at radius 1 is 1.19 bits per heavy atom. The lowest BCUT2D eigenvalue weighted by Crippen LogP contribution is -2.37. The number of rotatable bonds is 1. The van der Waals surface area contributed by atoms with E-state index in [4.69, 9.17) is 10.2 Å². The van der Waals surface area contributed by atoms with E-state index in [0.29, 0.717) is 39.5 Å². The molecule has 0 unspecified atom stereocenters. The normalized spacial score (nSPS) is 13.7. The molecule has 128 valence electrons. The number of hydrogen-bond acceptors (Lipinski definition) is 6. The first-order chi connectivity index (χ1) is 12.7. The van der Waals surface area contributed by atoms with Crippen LogP contribution in [0.25, 0.3) is 22.1 Å². The van der Waals surface area contributed by atoms with Crippen LogP contribution in [-0.2, 0) is 0 Å². The van der Waals surface area contributed by atoms with Gasteiger partial charge in [0, 0.05) is 25.4 Å². The van der Waals surface area contributed by atoms with Crippen LogP contribution >= 0.6 is 0 Å². The molecule has 1 aromatic carbocycles. The van der Waals surface area contributed by atoms with Crippen molar-refractivity contribution in [3.8, 4) is 11.8 Å². The molecular formula is C18H13FN6O. The fraction of sp³-hybridized carbons (Fsp3) is 0.167. The summed E-state index contributed by atoms with van der Waals surface area (Å²) in [6, 6.07) is 3.44. The minimum absolute atomic E-state index is 0.241. The van der Waals surface area contributed by atoms with E-state index in [1.165, 1.54) is 12.4 Å². The Hall–Kier alpha value is -3.60. The molecule has 0 spiro atoms. The van der Waals surface area contributed by atoms with Gasteiger partial charge in [-0.05, 0) is 12.5 Å². The van der Waals surface area contributed by atoms with Gasteiger partial charge < -0.3 is 20.0 Å². The standard InChI is InChI=1S/C18H13FN6O/c19-12-7-14-13(24-18(26-14)25-4-1-5-25)6-10(12)2-3-11-8-21-17-15(11)16(20)22-9-23-17/h6-9H,1,4-5H2,(H3,20,21,22,23). The van der Waals surface area contributed by atoms with Crippen molar-refractivity contribution in [2.75, 3.05) is 23.7 Å². The fourth-order valence-electron chi connectivity index (χ4n) is 2.90. The van der Waals surface area contributed by atoms with Gasteiger partial charge in [-0.2, -0.15) is 4.98 Å². The number of nitrogen functional groups attached to an aromatic ring is 1. The van der Waals surface area contributed by atoms with Gasteiger partial charge in [-0.3, -0.25) is 0 Å². The van der Waals surface area contributed by atoms with Gasteiger partial charge in [-0.1, -0.05) is 11.8 Å². The summed E-state index contributed by atoms with van der Waals surface area (Å²) in [7, 11) is 0. The van der Waals surface area contributed by atoms with Crippen molar-refractivity contribution >= 4 is 34.0 Å². The number of fused-ring (bicyclic) bond motifs is 2. The molecule has 1 aliphatic rings. The van der Waals surface area contributed by atoms with E-state index < -0.39 is 5.82 Å². The van der Waals surface area contributed by atoms with Crippen LogP contribution < -0.4 is 10.6 Å². The van der Waals surface area contributed by atoms with Crippen LogP contribution in [0.4, 0.5) is 16.2 Å². The summed E-state index contributed by atoms with van der Waals surface area (Å²) in [4.78, 5) is 17.5. The number of nitrogens with zero attached hydrogens (tertiary/aromatic N) is 4. The zero-order chi connectivity index (χ0) is 17.7. The Bertz CT molecular complexity index is 1210. The van der Waals surface area contributed by atoms with Gasteiger partial charge in [0.1, 0.15) is 29.1 Å². The molecule has 0 aliphatic carbocycles. The molecule has 1 saturated heterocycles. The Balaban J connectivity index is 1.57. The zero-order valence-corrected chi connectivity index (χ0v) is 13.6. The maximum Gasteiger partial charge on any atom is 0.298 e. The van der Waals surface area contributed by atoms with Crippen molar-refractivity contribution in [2.24, 2.45) is 0 Å². The minimum Gasteiger partial charge on any atom is -0.423 e. The molecule has 0 atom stereocenters. The van der Waals surface area contributed by atoms with Crippen LogP contribution in [0.1, 0.15) is 17.5 Å². The fourth-order valence-corrected chi connectivity index (χ4v) is 2.90. The van der Waals surface area contributed by atoms with Gasteiger partial charge >= 0.3 is 0 Å². The maximum atomic E-state index is 14.4. The van der Waals surface area contributed by atoms with Gasteiger partial charge in [0.2, 0.25) is 0 Å². The van der Waals surface area contributed by atoms with Crippen molar-refractivity contribution in [2.45, 2.75) is 6.42 Å². The molecule has 3 N–H and O–H groups in total. The first-order valence-electron chi connectivity index (χ1n) is 8.13. The molecule has 1 fully saturated rings. The van der Waals surface area contributed by atoms with Crippen molar-refractivity contribution < 1.29 is 8.81 Å². The monoisotopic (exact) mass is 348 g/mol. The Labute approximate surface area is 147 Å². The highest BCUT2D eigenvalue weighted by molar-refractivity contribution is 5.91. The average molecular weight is 348 g/mol. The van der Waals surface area contributed by atoms with E-state index in [1.54, 1.807) is 12.3 Å². The highest BCUT2D eigenvalue weighted by atomic mass is 19.1. The molecule has 8 heteroatoms. The SMILES string of the molecule is Nc1ncnc2[nH]cc(C#Cc3cc4nc(N5CCC5)oc4cc3F)c12. The highest BCUT2D eigenvalue weighted by Crippen LogP contribution is 2.27. The molecule has 1 aliphatic heterocycles. The molecule has 0 amide bonds. The van der Waals surface area contributed by atoms with E-state index >= 15 is 0 Å². The largest absolute Gasteiger partial charge is 0.423 e. The summed E-state index contributed by atoms with van der Waals surface area (Å²) >= 11 is 0. The molecule has 7 nitrogen and oxygen atoms in total. The first-order valence-corrected chi connectivity index (χ1v) is 8.13. The maximum absolute atomic E-state index is 14.4. The van der Waals surface area contributed by atoms with Crippen LogP contribution in [0.5, 0.6) is 0 Å². The van der Waals surface area contributed by atoms with Gasteiger partial charge in [-0.25, -0.2) is 14.4 Å². The van der Waals surface area contributed by atoms with Gasteiger partial charge in [0.15, 0.2) is 5.58 Å². The number of aromatic nitrogens is 4. The Morgan fingerprint density at radius 2 is 2.04 bits per heavy atom. The minimum atomic E-state index is -0.458. The van der Waals surface area contributed by atoms with Gasteiger partial charge in [0.25, 0.3) is 6.01 Å².